The lowest BCUT2D eigenvalue weighted by Gasteiger charge is -2.53. The van der Waals surface area contributed by atoms with Gasteiger partial charge in [0.05, 0.1) is 5.52 Å². The fourth-order valence-electron chi connectivity index (χ4n) is 5.11. The van der Waals surface area contributed by atoms with E-state index in [4.69, 9.17) is 9.97 Å². The number of fused-ring (bicyclic) bond motifs is 1. The second-order valence-corrected chi connectivity index (χ2v) is 12.0. The van der Waals surface area contributed by atoms with Crippen molar-refractivity contribution >= 4 is 22.7 Å². The number of nitrogens with zero attached hydrogens (tertiary/aromatic N) is 4. The molecule has 2 aromatic rings. The number of hydrazine groups is 2. The molecule has 4 rings (SSSR count). The van der Waals surface area contributed by atoms with Crippen LogP contribution in [0.3, 0.4) is 0 Å². The lowest BCUT2D eigenvalue weighted by Crippen LogP contribution is -2.60. The van der Waals surface area contributed by atoms with Crippen molar-refractivity contribution in [1.29, 1.82) is 0 Å². The number of rotatable bonds is 4. The van der Waals surface area contributed by atoms with Gasteiger partial charge in [0, 0.05) is 29.6 Å². The fraction of sp³-hybridized carbons (Fsp3) is 0.692. The van der Waals surface area contributed by atoms with Crippen molar-refractivity contribution in [3.8, 4) is 0 Å². The van der Waals surface area contributed by atoms with Gasteiger partial charge in [0.2, 0.25) is 5.95 Å². The highest BCUT2D eigenvalue weighted by molar-refractivity contribution is 5.89. The summed E-state index contributed by atoms with van der Waals surface area (Å²) in [4.78, 5) is 9.88. The molecule has 0 spiro atoms. The number of nitrogens with one attached hydrogen (secondary N) is 2. The molecule has 2 aliphatic rings. The highest BCUT2D eigenvalue weighted by Crippen LogP contribution is 2.44. The predicted molar refractivity (Wildman–Crippen MR) is 134 cm³/mol. The second-order valence-electron chi connectivity index (χ2n) is 12.0. The van der Waals surface area contributed by atoms with Gasteiger partial charge in [-0.25, -0.2) is 15.0 Å². The highest BCUT2D eigenvalue weighted by Gasteiger charge is 2.46. The first-order valence-corrected chi connectivity index (χ1v) is 12.2. The lowest BCUT2D eigenvalue weighted by molar-refractivity contribution is -0.0142. The molecular formula is C26H42N6. The van der Waals surface area contributed by atoms with E-state index in [9.17, 15) is 0 Å². The summed E-state index contributed by atoms with van der Waals surface area (Å²) in [5.41, 5.74) is 8.67. The summed E-state index contributed by atoms with van der Waals surface area (Å²) in [6.07, 6.45) is 4.80. The zero-order valence-electron chi connectivity index (χ0n) is 21.3. The van der Waals surface area contributed by atoms with E-state index in [1.54, 1.807) is 0 Å². The average Bonchev–Trinajstić information content (AvgIpc) is 2.70. The molecule has 2 fully saturated rings. The van der Waals surface area contributed by atoms with Crippen molar-refractivity contribution in [2.24, 2.45) is 10.8 Å². The molecule has 1 aromatic carbocycles. The normalized spacial score (nSPS) is 24.9. The minimum atomic E-state index is -0.00721. The third kappa shape index (κ3) is 3.86. The zero-order chi connectivity index (χ0) is 23.4. The van der Waals surface area contributed by atoms with E-state index in [1.807, 2.05) is 6.07 Å². The van der Waals surface area contributed by atoms with Crippen LogP contribution in [-0.2, 0) is 0 Å². The van der Waals surface area contributed by atoms with Gasteiger partial charge in [-0.15, -0.1) is 0 Å². The van der Waals surface area contributed by atoms with Crippen molar-refractivity contribution < 1.29 is 0 Å². The van der Waals surface area contributed by atoms with Gasteiger partial charge in [-0.1, -0.05) is 39.8 Å². The van der Waals surface area contributed by atoms with Gasteiger partial charge >= 0.3 is 0 Å². The Morgan fingerprint density at radius 2 is 1.25 bits per heavy atom. The number of hydrogen-bond acceptors (Lipinski definition) is 6. The molecule has 6 heteroatoms. The van der Waals surface area contributed by atoms with E-state index in [1.165, 1.54) is 25.7 Å². The Balaban J connectivity index is 1.68. The first-order chi connectivity index (χ1) is 14.9. The summed E-state index contributed by atoms with van der Waals surface area (Å²) in [5, 5.41) is 5.76. The molecule has 2 saturated heterocycles. The molecular weight excluding hydrogens is 396 g/mol. The molecule has 6 nitrogen and oxygen atoms in total. The summed E-state index contributed by atoms with van der Waals surface area (Å²) in [7, 11) is 0. The van der Waals surface area contributed by atoms with E-state index in [2.05, 4.69) is 94.5 Å². The fourth-order valence-corrected chi connectivity index (χ4v) is 5.11. The number of benzene rings is 1. The molecule has 0 radical (unpaired) electrons. The van der Waals surface area contributed by atoms with E-state index >= 15 is 0 Å². The molecule has 0 saturated carbocycles. The number of anilines is 2. The van der Waals surface area contributed by atoms with Gasteiger partial charge in [0.1, 0.15) is 0 Å². The van der Waals surface area contributed by atoms with Crippen molar-refractivity contribution in [2.75, 3.05) is 23.9 Å². The largest absolute Gasteiger partial charge is 0.302 e. The van der Waals surface area contributed by atoms with Crippen molar-refractivity contribution in [2.45, 2.75) is 92.2 Å². The summed E-state index contributed by atoms with van der Waals surface area (Å²) in [6, 6.07) is 8.29. The van der Waals surface area contributed by atoms with Crippen LogP contribution in [0.2, 0.25) is 0 Å². The molecule has 2 N–H and O–H groups in total. The van der Waals surface area contributed by atoms with E-state index in [0.29, 0.717) is 5.95 Å². The SMILES string of the molecule is CC1(C)CCCN(Nc2nc(NN3CCCC(C)(C)C3(C)C)c3ccccc3n2)C1(C)C. The van der Waals surface area contributed by atoms with Crippen LogP contribution in [0.1, 0.15) is 81.1 Å². The topological polar surface area (TPSA) is 56.3 Å². The van der Waals surface area contributed by atoms with Crippen LogP contribution < -0.4 is 10.9 Å². The van der Waals surface area contributed by atoms with Crippen molar-refractivity contribution in [3.05, 3.63) is 24.3 Å². The Morgan fingerprint density at radius 1 is 0.719 bits per heavy atom. The third-order valence-electron chi connectivity index (χ3n) is 9.11. The summed E-state index contributed by atoms with van der Waals surface area (Å²) in [6.45, 7) is 20.7. The molecule has 0 unspecified atom stereocenters. The van der Waals surface area contributed by atoms with Crippen LogP contribution >= 0.6 is 0 Å². The van der Waals surface area contributed by atoms with Crippen molar-refractivity contribution in [3.63, 3.8) is 0 Å². The predicted octanol–water partition coefficient (Wildman–Crippen LogP) is 6.08. The quantitative estimate of drug-likeness (QED) is 0.603. The minimum Gasteiger partial charge on any atom is -0.302 e. The standard InChI is InChI=1S/C26H42N6/c1-23(2)15-11-17-31(25(23,5)6)29-21-19-13-9-10-14-20(19)27-22(28-21)30-32-18-12-16-24(3,4)26(32,7)8/h9-10,13-14H,11-12,15-18H2,1-8H3,(H2,27,28,29,30). The Hall–Kier alpha value is -1.92. The summed E-state index contributed by atoms with van der Waals surface area (Å²) >= 11 is 0. The highest BCUT2D eigenvalue weighted by atomic mass is 15.6. The molecule has 0 bridgehead atoms. The molecule has 176 valence electrons. The average molecular weight is 439 g/mol. The molecule has 0 aliphatic carbocycles. The Labute approximate surface area is 194 Å². The number of hydrogen-bond donors (Lipinski definition) is 2. The van der Waals surface area contributed by atoms with Crippen LogP contribution in [0.15, 0.2) is 24.3 Å². The number of para-hydroxylation sites is 1. The molecule has 0 amide bonds. The van der Waals surface area contributed by atoms with Crippen LogP contribution in [0.4, 0.5) is 11.8 Å². The van der Waals surface area contributed by atoms with Gasteiger partial charge in [0.25, 0.3) is 0 Å². The third-order valence-corrected chi connectivity index (χ3v) is 9.11. The maximum Gasteiger partial charge on any atom is 0.240 e. The monoisotopic (exact) mass is 438 g/mol. The van der Waals surface area contributed by atoms with Crippen LogP contribution in [-0.4, -0.2) is 44.2 Å². The molecule has 3 heterocycles. The molecule has 2 aliphatic heterocycles. The zero-order valence-corrected chi connectivity index (χ0v) is 21.3. The molecule has 1 aromatic heterocycles. The summed E-state index contributed by atoms with van der Waals surface area (Å²) in [5.74, 6) is 1.53. The van der Waals surface area contributed by atoms with E-state index in [0.717, 1.165) is 29.8 Å². The van der Waals surface area contributed by atoms with Crippen molar-refractivity contribution in [1.82, 2.24) is 20.0 Å². The maximum absolute atomic E-state index is 5.00. The van der Waals surface area contributed by atoms with Gasteiger partial charge in [0.15, 0.2) is 5.82 Å². The number of piperidine rings is 2. The first kappa shape index (κ1) is 23.2. The molecule has 0 atom stereocenters. The van der Waals surface area contributed by atoms with E-state index in [-0.39, 0.29) is 21.9 Å². The first-order valence-electron chi connectivity index (χ1n) is 12.2. The van der Waals surface area contributed by atoms with Gasteiger partial charge in [-0.2, -0.15) is 4.98 Å². The molecule has 32 heavy (non-hydrogen) atoms. The van der Waals surface area contributed by atoms with E-state index < -0.39 is 0 Å². The Bertz CT molecular complexity index is 977. The van der Waals surface area contributed by atoms with Crippen LogP contribution in [0, 0.1) is 10.8 Å². The maximum atomic E-state index is 5.00. The van der Waals surface area contributed by atoms with Gasteiger partial charge < -0.3 is 5.43 Å². The Morgan fingerprint density at radius 3 is 1.84 bits per heavy atom. The van der Waals surface area contributed by atoms with Gasteiger partial charge in [-0.05, 0) is 76.3 Å². The lowest BCUT2D eigenvalue weighted by atomic mass is 9.69. The minimum absolute atomic E-state index is 0.00375. The van der Waals surface area contributed by atoms with Crippen LogP contribution in [0.25, 0.3) is 10.9 Å². The van der Waals surface area contributed by atoms with Gasteiger partial charge in [-0.3, -0.25) is 5.43 Å². The number of aromatic nitrogens is 2. The van der Waals surface area contributed by atoms with Crippen LogP contribution in [0.5, 0.6) is 0 Å². The summed E-state index contributed by atoms with van der Waals surface area (Å²) < 4.78 is 0. The Kier molecular flexibility index (Phi) is 5.70. The second kappa shape index (κ2) is 7.84. The smallest absolute Gasteiger partial charge is 0.240 e.